The van der Waals surface area contributed by atoms with Crippen molar-refractivity contribution in [1.29, 1.82) is 0 Å². The molecule has 168 valence electrons. The van der Waals surface area contributed by atoms with Crippen LogP contribution in [0.1, 0.15) is 17.0 Å². The molecule has 0 aliphatic heterocycles. The monoisotopic (exact) mass is 442 g/mol. The molecule has 0 unspecified atom stereocenters. The fourth-order valence-corrected chi connectivity index (χ4v) is 3.65. The van der Waals surface area contributed by atoms with Gasteiger partial charge < -0.3 is 19.9 Å². The number of ether oxygens (including phenoxy) is 1. The molecule has 2 amide bonds. The Kier molecular flexibility index (Phi) is 6.69. The van der Waals surface area contributed by atoms with Gasteiger partial charge in [0.25, 0.3) is 0 Å². The van der Waals surface area contributed by atoms with Gasteiger partial charge in [0.15, 0.2) is 0 Å². The Hall–Kier alpha value is -4.13. The van der Waals surface area contributed by atoms with Crippen LogP contribution in [0.3, 0.4) is 0 Å². The predicted molar refractivity (Wildman–Crippen MR) is 128 cm³/mol. The number of carbonyl (C=O) groups is 2. The van der Waals surface area contributed by atoms with Crippen molar-refractivity contribution in [1.82, 2.24) is 14.9 Å². The molecule has 0 fully saturated rings. The van der Waals surface area contributed by atoms with Gasteiger partial charge in [-0.2, -0.15) is 0 Å². The Morgan fingerprint density at radius 2 is 1.58 bits per heavy atom. The lowest BCUT2D eigenvalue weighted by Crippen LogP contribution is -2.35. The fourth-order valence-electron chi connectivity index (χ4n) is 3.65. The smallest absolute Gasteiger partial charge is 0.243 e. The van der Waals surface area contributed by atoms with Crippen molar-refractivity contribution in [2.45, 2.75) is 27.0 Å². The summed E-state index contributed by atoms with van der Waals surface area (Å²) in [4.78, 5) is 29.7. The van der Waals surface area contributed by atoms with Crippen molar-refractivity contribution < 1.29 is 14.3 Å². The number of aryl methyl sites for hydroxylation is 2. The molecule has 0 radical (unpaired) electrons. The number of carbonyl (C=O) groups excluding carboxylic acids is 2. The van der Waals surface area contributed by atoms with Gasteiger partial charge in [-0.15, -0.1) is 0 Å². The van der Waals surface area contributed by atoms with Gasteiger partial charge >= 0.3 is 0 Å². The van der Waals surface area contributed by atoms with E-state index in [1.54, 1.807) is 0 Å². The number of imidazole rings is 1. The average molecular weight is 443 g/mol. The summed E-state index contributed by atoms with van der Waals surface area (Å²) >= 11 is 0. The van der Waals surface area contributed by atoms with Crippen LogP contribution in [0.5, 0.6) is 5.75 Å². The molecule has 7 heteroatoms. The molecule has 0 bridgehead atoms. The fraction of sp³-hybridized carbons (Fsp3) is 0.192. The topological polar surface area (TPSA) is 85.2 Å². The van der Waals surface area contributed by atoms with Gasteiger partial charge in [0.1, 0.15) is 24.7 Å². The molecule has 1 aromatic heterocycles. The standard InChI is InChI=1S/C26H26N4O3/c1-18-9-8-10-19(2)26(18)29-24(31)15-27-25(32)16-30-22-14-7-6-13-21(22)28-23(30)17-33-20-11-4-3-5-12-20/h3-14H,15-17H2,1-2H3,(H,27,32)(H,29,31). The molecule has 7 nitrogen and oxygen atoms in total. The molecular formula is C26H26N4O3. The first kappa shape index (κ1) is 22.1. The third-order valence-electron chi connectivity index (χ3n) is 5.34. The number of nitrogens with zero attached hydrogens (tertiary/aromatic N) is 2. The maximum Gasteiger partial charge on any atom is 0.243 e. The minimum atomic E-state index is -0.282. The largest absolute Gasteiger partial charge is 0.486 e. The summed E-state index contributed by atoms with van der Waals surface area (Å²) < 4.78 is 7.67. The molecule has 0 spiro atoms. The SMILES string of the molecule is Cc1cccc(C)c1NC(=O)CNC(=O)Cn1c(COc2ccccc2)nc2ccccc21. The van der Waals surface area contributed by atoms with Gasteiger partial charge in [0.2, 0.25) is 11.8 Å². The number of hydrogen-bond donors (Lipinski definition) is 2. The molecule has 0 saturated carbocycles. The molecule has 33 heavy (non-hydrogen) atoms. The van der Waals surface area contributed by atoms with Crippen LogP contribution in [0.25, 0.3) is 11.0 Å². The lowest BCUT2D eigenvalue weighted by atomic mass is 10.1. The number of amides is 2. The molecule has 2 N–H and O–H groups in total. The highest BCUT2D eigenvalue weighted by atomic mass is 16.5. The zero-order valence-corrected chi connectivity index (χ0v) is 18.7. The summed E-state index contributed by atoms with van der Waals surface area (Å²) in [5, 5.41) is 5.58. The van der Waals surface area contributed by atoms with Crippen LogP contribution in [0.2, 0.25) is 0 Å². The van der Waals surface area contributed by atoms with E-state index in [4.69, 9.17) is 4.74 Å². The molecule has 3 aromatic carbocycles. The van der Waals surface area contributed by atoms with Crippen LogP contribution in [-0.2, 0) is 22.7 Å². The van der Waals surface area contributed by atoms with E-state index in [0.717, 1.165) is 33.6 Å². The number of rotatable bonds is 8. The van der Waals surface area contributed by atoms with Gasteiger partial charge in [-0.25, -0.2) is 4.98 Å². The second kappa shape index (κ2) is 9.99. The second-order valence-corrected chi connectivity index (χ2v) is 7.80. The number of para-hydroxylation sites is 4. The first-order chi connectivity index (χ1) is 16.0. The summed E-state index contributed by atoms with van der Waals surface area (Å²) in [5.41, 5.74) is 4.34. The number of fused-ring (bicyclic) bond motifs is 1. The van der Waals surface area contributed by atoms with Crippen molar-refractivity contribution >= 4 is 28.5 Å². The van der Waals surface area contributed by atoms with E-state index in [9.17, 15) is 9.59 Å². The first-order valence-electron chi connectivity index (χ1n) is 10.8. The predicted octanol–water partition coefficient (Wildman–Crippen LogP) is 3.99. The summed E-state index contributed by atoms with van der Waals surface area (Å²) in [6.45, 7) is 4.01. The van der Waals surface area contributed by atoms with Crippen LogP contribution in [-0.4, -0.2) is 27.9 Å². The van der Waals surface area contributed by atoms with Crippen molar-refractivity contribution in [3.63, 3.8) is 0 Å². The number of benzene rings is 3. The first-order valence-corrected chi connectivity index (χ1v) is 10.8. The molecule has 0 aliphatic rings. The third kappa shape index (κ3) is 5.38. The molecule has 0 atom stereocenters. The summed E-state index contributed by atoms with van der Waals surface area (Å²) in [6.07, 6.45) is 0. The second-order valence-electron chi connectivity index (χ2n) is 7.80. The lowest BCUT2D eigenvalue weighted by molar-refractivity contribution is -0.124. The summed E-state index contributed by atoms with van der Waals surface area (Å²) in [7, 11) is 0. The van der Waals surface area contributed by atoms with Crippen LogP contribution in [0, 0.1) is 13.8 Å². The Bertz CT molecular complexity index is 1260. The van der Waals surface area contributed by atoms with E-state index in [-0.39, 0.29) is 31.5 Å². The van der Waals surface area contributed by atoms with Crippen molar-refractivity contribution in [3.8, 4) is 5.75 Å². The zero-order valence-electron chi connectivity index (χ0n) is 18.7. The van der Waals surface area contributed by atoms with Crippen LogP contribution in [0.4, 0.5) is 5.69 Å². The number of aromatic nitrogens is 2. The Morgan fingerprint density at radius 3 is 2.33 bits per heavy atom. The van der Waals surface area contributed by atoms with Gasteiger partial charge in [-0.3, -0.25) is 9.59 Å². The van der Waals surface area contributed by atoms with Crippen molar-refractivity contribution in [2.24, 2.45) is 0 Å². The molecule has 0 saturated heterocycles. The Balaban J connectivity index is 1.42. The van der Waals surface area contributed by atoms with Crippen LogP contribution in [0.15, 0.2) is 72.8 Å². The number of hydrogen-bond acceptors (Lipinski definition) is 4. The summed E-state index contributed by atoms with van der Waals surface area (Å²) in [5.74, 6) is 0.804. The normalized spacial score (nSPS) is 10.7. The minimum absolute atomic E-state index is 0.0324. The molecule has 4 aromatic rings. The van der Waals surface area contributed by atoms with E-state index < -0.39 is 0 Å². The number of nitrogens with one attached hydrogen (secondary N) is 2. The van der Waals surface area contributed by atoms with Crippen LogP contribution >= 0.6 is 0 Å². The average Bonchev–Trinajstić information content (AvgIpc) is 3.17. The molecule has 1 heterocycles. The van der Waals surface area contributed by atoms with E-state index in [2.05, 4.69) is 15.6 Å². The van der Waals surface area contributed by atoms with E-state index in [1.165, 1.54) is 0 Å². The molecule has 4 rings (SSSR count). The highest BCUT2D eigenvalue weighted by Gasteiger charge is 2.15. The zero-order chi connectivity index (χ0) is 23.2. The highest BCUT2D eigenvalue weighted by Crippen LogP contribution is 2.20. The van der Waals surface area contributed by atoms with Crippen molar-refractivity contribution in [2.75, 3.05) is 11.9 Å². The Morgan fingerprint density at radius 1 is 0.879 bits per heavy atom. The third-order valence-corrected chi connectivity index (χ3v) is 5.34. The minimum Gasteiger partial charge on any atom is -0.486 e. The van der Waals surface area contributed by atoms with Gasteiger partial charge in [-0.05, 0) is 49.2 Å². The van der Waals surface area contributed by atoms with E-state index in [0.29, 0.717) is 5.82 Å². The van der Waals surface area contributed by atoms with Crippen molar-refractivity contribution in [3.05, 3.63) is 89.7 Å². The highest BCUT2D eigenvalue weighted by molar-refractivity contribution is 5.95. The number of anilines is 1. The van der Waals surface area contributed by atoms with Gasteiger partial charge in [0.05, 0.1) is 17.6 Å². The van der Waals surface area contributed by atoms with Crippen LogP contribution < -0.4 is 15.4 Å². The lowest BCUT2D eigenvalue weighted by Gasteiger charge is -2.13. The molecule has 0 aliphatic carbocycles. The Labute approximate surface area is 192 Å². The molecular weight excluding hydrogens is 416 g/mol. The van der Waals surface area contributed by atoms with E-state index >= 15 is 0 Å². The van der Waals surface area contributed by atoms with Gasteiger partial charge in [-0.1, -0.05) is 48.5 Å². The quantitative estimate of drug-likeness (QED) is 0.432. The van der Waals surface area contributed by atoms with Gasteiger partial charge in [0, 0.05) is 5.69 Å². The van der Waals surface area contributed by atoms with E-state index in [1.807, 2.05) is 91.2 Å². The summed E-state index contributed by atoms with van der Waals surface area (Å²) in [6, 6.07) is 22.9. The maximum absolute atomic E-state index is 12.7. The maximum atomic E-state index is 12.7.